The minimum atomic E-state index is -0.186. The first-order valence-electron chi connectivity index (χ1n) is 9.52. The summed E-state index contributed by atoms with van der Waals surface area (Å²) in [6.07, 6.45) is 1.73. The lowest BCUT2D eigenvalue weighted by molar-refractivity contribution is -0.113. The van der Waals surface area contributed by atoms with E-state index in [1.54, 1.807) is 17.8 Å². The largest absolute Gasteiger partial charge is 0.492 e. The van der Waals surface area contributed by atoms with E-state index in [2.05, 4.69) is 0 Å². The molecule has 2 heterocycles. The molecule has 4 rings (SSSR count). The lowest BCUT2D eigenvalue weighted by Gasteiger charge is -2.18. The van der Waals surface area contributed by atoms with Crippen LogP contribution in [0.2, 0.25) is 5.02 Å². The van der Waals surface area contributed by atoms with Gasteiger partial charge in [0.1, 0.15) is 11.5 Å². The number of thioether (sulfide) groups is 2. The minimum absolute atomic E-state index is 0.186. The van der Waals surface area contributed by atoms with Gasteiger partial charge < -0.3 is 9.15 Å². The van der Waals surface area contributed by atoms with Gasteiger partial charge in [0.25, 0.3) is 5.91 Å². The molecule has 1 aromatic heterocycles. The molecule has 0 bridgehead atoms. The van der Waals surface area contributed by atoms with Gasteiger partial charge in [-0.1, -0.05) is 71.6 Å². The van der Waals surface area contributed by atoms with Crippen molar-refractivity contribution in [3.8, 4) is 5.75 Å². The fraction of sp³-hybridized carbons (Fsp3) is 0.130. The highest BCUT2D eigenvalue weighted by atomic mass is 35.5. The molecule has 8 heteroatoms. The van der Waals surface area contributed by atoms with Crippen LogP contribution in [0.5, 0.6) is 5.75 Å². The number of thiocarbonyl (C=S) groups is 1. The van der Waals surface area contributed by atoms with Gasteiger partial charge in [-0.15, -0.1) is 0 Å². The van der Waals surface area contributed by atoms with Crippen LogP contribution in [0.4, 0.5) is 5.69 Å². The first kappa shape index (κ1) is 22.0. The SMILES string of the molecule is CCOc1ccccc1N1C(=O)/C(=C/c2ccc(SCc3ccc(Cl)cc3)o2)SC1=S. The van der Waals surface area contributed by atoms with Gasteiger partial charge in [0.15, 0.2) is 9.41 Å². The molecule has 0 unspecified atom stereocenters. The van der Waals surface area contributed by atoms with Crippen LogP contribution in [0.1, 0.15) is 18.2 Å². The number of benzene rings is 2. The Hall–Kier alpha value is -2.19. The number of halogens is 1. The number of hydrogen-bond acceptors (Lipinski definition) is 6. The predicted molar refractivity (Wildman–Crippen MR) is 133 cm³/mol. The second-order valence-electron chi connectivity index (χ2n) is 6.49. The van der Waals surface area contributed by atoms with Crippen LogP contribution in [0.15, 0.2) is 75.1 Å². The average Bonchev–Trinajstić information content (AvgIpc) is 3.32. The van der Waals surface area contributed by atoms with E-state index < -0.39 is 0 Å². The summed E-state index contributed by atoms with van der Waals surface area (Å²) in [5, 5.41) is 1.49. The minimum Gasteiger partial charge on any atom is -0.492 e. The number of rotatable bonds is 7. The fourth-order valence-electron chi connectivity index (χ4n) is 2.95. The zero-order chi connectivity index (χ0) is 21.8. The molecular formula is C23H18ClNO3S3. The van der Waals surface area contributed by atoms with Gasteiger partial charge in [0, 0.05) is 16.9 Å². The normalized spacial score (nSPS) is 15.2. The summed E-state index contributed by atoms with van der Waals surface area (Å²) >= 11 is 14.2. The van der Waals surface area contributed by atoms with Crippen molar-refractivity contribution in [3.63, 3.8) is 0 Å². The molecule has 4 nitrogen and oxygen atoms in total. The van der Waals surface area contributed by atoms with Crippen molar-refractivity contribution in [1.29, 1.82) is 0 Å². The molecule has 3 aromatic rings. The molecule has 1 amide bonds. The van der Waals surface area contributed by atoms with Crippen LogP contribution in [0, 0.1) is 0 Å². The molecule has 0 radical (unpaired) electrons. The average molecular weight is 488 g/mol. The van der Waals surface area contributed by atoms with E-state index in [1.165, 1.54) is 16.7 Å². The first-order chi connectivity index (χ1) is 15.0. The molecule has 0 aliphatic carbocycles. The second-order valence-corrected chi connectivity index (χ2v) is 9.58. The summed E-state index contributed by atoms with van der Waals surface area (Å²) in [5.41, 5.74) is 1.80. The van der Waals surface area contributed by atoms with Crippen molar-refractivity contribution >= 4 is 69.3 Å². The Morgan fingerprint density at radius 3 is 2.71 bits per heavy atom. The summed E-state index contributed by atoms with van der Waals surface area (Å²) in [6, 6.07) is 18.9. The number of carbonyl (C=O) groups is 1. The van der Waals surface area contributed by atoms with Gasteiger partial charge in [0.05, 0.1) is 17.2 Å². The van der Waals surface area contributed by atoms with Gasteiger partial charge in [-0.3, -0.25) is 9.69 Å². The van der Waals surface area contributed by atoms with Crippen molar-refractivity contribution in [2.45, 2.75) is 17.8 Å². The number of furan rings is 1. The third-order valence-corrected chi connectivity index (χ3v) is 6.91. The van der Waals surface area contributed by atoms with E-state index in [0.717, 1.165) is 21.4 Å². The molecule has 0 atom stereocenters. The third-order valence-electron chi connectivity index (χ3n) is 4.37. The standard InChI is InChI=1S/C23H18ClNO3S3/c1-2-27-19-6-4-3-5-18(19)25-22(26)20(31-23(25)29)13-17-11-12-21(28-17)30-14-15-7-9-16(24)10-8-15/h3-13H,2,14H2,1H3/b20-13-. The number of anilines is 1. The monoisotopic (exact) mass is 487 g/mol. The Bertz CT molecular complexity index is 1140. The van der Waals surface area contributed by atoms with Gasteiger partial charge >= 0.3 is 0 Å². The van der Waals surface area contributed by atoms with E-state index in [0.29, 0.717) is 33.0 Å². The van der Waals surface area contributed by atoms with E-state index >= 15 is 0 Å². The van der Waals surface area contributed by atoms with E-state index in [9.17, 15) is 4.79 Å². The van der Waals surface area contributed by atoms with E-state index in [-0.39, 0.29) is 5.91 Å². The van der Waals surface area contributed by atoms with Gasteiger partial charge in [0.2, 0.25) is 0 Å². The fourth-order valence-corrected chi connectivity index (χ4v) is 5.16. The predicted octanol–water partition coefficient (Wildman–Crippen LogP) is 7.03. The van der Waals surface area contributed by atoms with E-state index in [1.807, 2.05) is 67.6 Å². The molecular weight excluding hydrogens is 470 g/mol. The Morgan fingerprint density at radius 2 is 1.94 bits per heavy atom. The second kappa shape index (κ2) is 9.96. The Labute approximate surface area is 199 Å². The van der Waals surface area contributed by atoms with Crippen molar-refractivity contribution < 1.29 is 13.9 Å². The van der Waals surface area contributed by atoms with Crippen molar-refractivity contribution in [2.75, 3.05) is 11.5 Å². The lowest BCUT2D eigenvalue weighted by Crippen LogP contribution is -2.28. The highest BCUT2D eigenvalue weighted by molar-refractivity contribution is 8.27. The molecule has 2 aromatic carbocycles. The number of nitrogens with zero attached hydrogens (tertiary/aromatic N) is 1. The summed E-state index contributed by atoms with van der Waals surface area (Å²) in [6.45, 7) is 2.41. The maximum Gasteiger partial charge on any atom is 0.271 e. The summed E-state index contributed by atoms with van der Waals surface area (Å²) < 4.78 is 12.0. The quantitative estimate of drug-likeness (QED) is 0.202. The van der Waals surface area contributed by atoms with Crippen LogP contribution >= 0.6 is 47.3 Å². The maximum absolute atomic E-state index is 13.1. The molecule has 1 saturated heterocycles. The zero-order valence-corrected chi connectivity index (χ0v) is 19.7. The van der Waals surface area contributed by atoms with Gasteiger partial charge in [-0.2, -0.15) is 0 Å². The molecule has 0 N–H and O–H groups in total. The molecule has 1 fully saturated rings. The first-order valence-corrected chi connectivity index (χ1v) is 12.1. The van der Waals surface area contributed by atoms with Crippen molar-refractivity contribution in [2.24, 2.45) is 0 Å². The highest BCUT2D eigenvalue weighted by Gasteiger charge is 2.35. The van der Waals surface area contributed by atoms with Crippen LogP contribution in [0.3, 0.4) is 0 Å². The Morgan fingerprint density at radius 1 is 1.16 bits per heavy atom. The number of carbonyl (C=O) groups excluding carboxylic acids is 1. The van der Waals surface area contributed by atoms with Gasteiger partial charge in [-0.05, 0) is 48.9 Å². The van der Waals surface area contributed by atoms with Crippen LogP contribution in [-0.4, -0.2) is 16.8 Å². The van der Waals surface area contributed by atoms with Crippen molar-refractivity contribution in [1.82, 2.24) is 0 Å². The van der Waals surface area contributed by atoms with Crippen molar-refractivity contribution in [3.05, 3.63) is 81.9 Å². The molecule has 1 aliphatic heterocycles. The summed E-state index contributed by atoms with van der Waals surface area (Å²) in [4.78, 5) is 15.1. The molecule has 158 valence electrons. The number of amides is 1. The zero-order valence-electron chi connectivity index (χ0n) is 16.5. The molecule has 31 heavy (non-hydrogen) atoms. The molecule has 0 saturated carbocycles. The third kappa shape index (κ3) is 5.18. The van der Waals surface area contributed by atoms with Gasteiger partial charge in [-0.25, -0.2) is 0 Å². The topological polar surface area (TPSA) is 42.7 Å². The smallest absolute Gasteiger partial charge is 0.271 e. The summed E-state index contributed by atoms with van der Waals surface area (Å²) in [7, 11) is 0. The van der Waals surface area contributed by atoms with Crippen LogP contribution in [-0.2, 0) is 10.5 Å². The molecule has 1 aliphatic rings. The van der Waals surface area contributed by atoms with Crippen LogP contribution < -0.4 is 9.64 Å². The maximum atomic E-state index is 13.1. The number of ether oxygens (including phenoxy) is 1. The summed E-state index contributed by atoms with van der Waals surface area (Å²) in [5.74, 6) is 1.81. The Balaban J connectivity index is 1.48. The molecule has 0 spiro atoms. The Kier molecular flexibility index (Phi) is 7.07. The van der Waals surface area contributed by atoms with E-state index in [4.69, 9.17) is 33.0 Å². The number of para-hydroxylation sites is 2. The van der Waals surface area contributed by atoms with Crippen LogP contribution in [0.25, 0.3) is 6.08 Å². The lowest BCUT2D eigenvalue weighted by atomic mass is 10.2. The number of hydrogen-bond donors (Lipinski definition) is 0. The highest BCUT2D eigenvalue weighted by Crippen LogP contribution is 2.40.